The van der Waals surface area contributed by atoms with Crippen molar-refractivity contribution in [2.45, 2.75) is 58.6 Å². The number of aromatic nitrogens is 2. The van der Waals surface area contributed by atoms with Crippen LogP contribution < -0.4 is 5.32 Å². The number of rotatable bonds is 8. The van der Waals surface area contributed by atoms with E-state index in [9.17, 15) is 0 Å². The lowest BCUT2D eigenvalue weighted by Gasteiger charge is -2.24. The third-order valence-electron chi connectivity index (χ3n) is 3.93. The molecule has 0 amide bonds. The fraction of sp³-hybridized carbons (Fsp3) is 0.812. The molecule has 1 saturated heterocycles. The Morgan fingerprint density at radius 3 is 2.95 bits per heavy atom. The minimum atomic E-state index is 0.173. The van der Waals surface area contributed by atoms with Gasteiger partial charge in [0.05, 0.1) is 24.8 Å². The van der Waals surface area contributed by atoms with Crippen molar-refractivity contribution in [1.82, 2.24) is 14.9 Å². The van der Waals surface area contributed by atoms with Gasteiger partial charge in [0.25, 0.3) is 0 Å². The first-order chi connectivity index (χ1) is 9.77. The maximum absolute atomic E-state index is 5.81. The Labute approximate surface area is 122 Å². The van der Waals surface area contributed by atoms with Crippen LogP contribution in [-0.4, -0.2) is 29.2 Å². The van der Waals surface area contributed by atoms with Gasteiger partial charge in [0, 0.05) is 19.6 Å². The Balaban J connectivity index is 1.69. The molecule has 0 bridgehead atoms. The zero-order valence-corrected chi connectivity index (χ0v) is 13.0. The van der Waals surface area contributed by atoms with E-state index in [-0.39, 0.29) is 6.10 Å². The van der Waals surface area contributed by atoms with E-state index in [0.29, 0.717) is 0 Å². The number of hydrogen-bond donors (Lipinski definition) is 1. The Morgan fingerprint density at radius 1 is 1.35 bits per heavy atom. The number of imidazole rings is 1. The molecule has 1 atom stereocenters. The lowest BCUT2D eigenvalue weighted by atomic mass is 10.0. The highest BCUT2D eigenvalue weighted by Crippen LogP contribution is 2.19. The average molecular weight is 279 g/mol. The van der Waals surface area contributed by atoms with E-state index in [1.165, 1.54) is 37.8 Å². The SMILES string of the molecule is CC(C)CCCCCCn1cncc1C1CNCCO1. The Kier molecular flexibility index (Phi) is 6.54. The van der Waals surface area contributed by atoms with Gasteiger partial charge in [0.1, 0.15) is 6.10 Å². The molecule has 4 nitrogen and oxygen atoms in total. The predicted octanol–water partition coefficient (Wildman–Crippen LogP) is 3.15. The minimum absolute atomic E-state index is 0.173. The van der Waals surface area contributed by atoms with Gasteiger partial charge in [-0.3, -0.25) is 0 Å². The minimum Gasteiger partial charge on any atom is -0.369 e. The van der Waals surface area contributed by atoms with E-state index in [2.05, 4.69) is 28.7 Å². The molecule has 0 aliphatic carbocycles. The molecule has 1 fully saturated rings. The van der Waals surface area contributed by atoms with E-state index < -0.39 is 0 Å². The van der Waals surface area contributed by atoms with E-state index in [1.807, 2.05) is 12.5 Å². The monoisotopic (exact) mass is 279 g/mol. The molecule has 0 saturated carbocycles. The van der Waals surface area contributed by atoms with Crippen LogP contribution in [0.5, 0.6) is 0 Å². The van der Waals surface area contributed by atoms with Crippen LogP contribution in [0, 0.1) is 5.92 Å². The topological polar surface area (TPSA) is 39.1 Å². The molecule has 1 N–H and O–H groups in total. The van der Waals surface area contributed by atoms with Crippen LogP contribution in [-0.2, 0) is 11.3 Å². The third kappa shape index (κ3) is 4.91. The van der Waals surface area contributed by atoms with E-state index in [4.69, 9.17) is 4.74 Å². The highest BCUT2D eigenvalue weighted by molar-refractivity contribution is 5.04. The molecule has 4 heteroatoms. The van der Waals surface area contributed by atoms with E-state index >= 15 is 0 Å². The molecule has 1 aromatic rings. The number of nitrogens with zero attached hydrogens (tertiary/aromatic N) is 2. The lowest BCUT2D eigenvalue weighted by Crippen LogP contribution is -2.34. The van der Waals surface area contributed by atoms with Crippen LogP contribution >= 0.6 is 0 Å². The fourth-order valence-corrected chi connectivity index (χ4v) is 2.73. The molecule has 2 heterocycles. The number of aryl methyl sites for hydroxylation is 1. The maximum Gasteiger partial charge on any atom is 0.111 e. The van der Waals surface area contributed by atoms with Gasteiger partial charge < -0.3 is 14.6 Å². The van der Waals surface area contributed by atoms with Crippen molar-refractivity contribution >= 4 is 0 Å². The van der Waals surface area contributed by atoms with Crippen LogP contribution in [0.25, 0.3) is 0 Å². The van der Waals surface area contributed by atoms with Crippen molar-refractivity contribution in [3.63, 3.8) is 0 Å². The first-order valence-electron chi connectivity index (χ1n) is 8.09. The maximum atomic E-state index is 5.81. The predicted molar refractivity (Wildman–Crippen MR) is 81.7 cm³/mol. The van der Waals surface area contributed by atoms with Gasteiger partial charge in [-0.05, 0) is 12.3 Å². The largest absolute Gasteiger partial charge is 0.369 e. The average Bonchev–Trinajstić information content (AvgIpc) is 2.92. The van der Waals surface area contributed by atoms with Gasteiger partial charge in [-0.25, -0.2) is 4.98 Å². The zero-order valence-electron chi connectivity index (χ0n) is 13.0. The summed E-state index contributed by atoms with van der Waals surface area (Å²) in [6.07, 6.45) is 10.7. The molecule has 114 valence electrons. The Morgan fingerprint density at radius 2 is 2.20 bits per heavy atom. The molecule has 1 aliphatic heterocycles. The molecular formula is C16H29N3O. The van der Waals surface area contributed by atoms with Gasteiger partial charge in [-0.2, -0.15) is 0 Å². The number of hydrogen-bond acceptors (Lipinski definition) is 3. The van der Waals surface area contributed by atoms with E-state index in [1.54, 1.807) is 0 Å². The summed E-state index contributed by atoms with van der Waals surface area (Å²) in [5.74, 6) is 0.839. The van der Waals surface area contributed by atoms with Crippen molar-refractivity contribution in [3.8, 4) is 0 Å². The molecule has 1 aromatic heterocycles. The van der Waals surface area contributed by atoms with Gasteiger partial charge in [-0.15, -0.1) is 0 Å². The van der Waals surface area contributed by atoms with E-state index in [0.717, 1.165) is 32.2 Å². The van der Waals surface area contributed by atoms with Crippen molar-refractivity contribution in [1.29, 1.82) is 0 Å². The summed E-state index contributed by atoms with van der Waals surface area (Å²) in [7, 11) is 0. The van der Waals surface area contributed by atoms with Gasteiger partial charge in [0.2, 0.25) is 0 Å². The first-order valence-corrected chi connectivity index (χ1v) is 8.09. The summed E-state index contributed by atoms with van der Waals surface area (Å²) < 4.78 is 8.07. The summed E-state index contributed by atoms with van der Waals surface area (Å²) in [5, 5.41) is 3.38. The summed E-state index contributed by atoms with van der Waals surface area (Å²) in [4.78, 5) is 4.29. The number of nitrogens with one attached hydrogen (secondary N) is 1. The van der Waals surface area contributed by atoms with Crippen LogP contribution in [0.2, 0.25) is 0 Å². The number of morpholine rings is 1. The van der Waals surface area contributed by atoms with Gasteiger partial charge in [0.15, 0.2) is 0 Å². The van der Waals surface area contributed by atoms with Crippen LogP contribution in [0.3, 0.4) is 0 Å². The summed E-state index contributed by atoms with van der Waals surface area (Å²) >= 11 is 0. The van der Waals surface area contributed by atoms with Gasteiger partial charge >= 0.3 is 0 Å². The molecular weight excluding hydrogens is 250 g/mol. The van der Waals surface area contributed by atoms with Crippen molar-refractivity contribution < 1.29 is 4.74 Å². The molecule has 0 aromatic carbocycles. The quantitative estimate of drug-likeness (QED) is 0.743. The summed E-state index contributed by atoms with van der Waals surface area (Å²) in [6, 6.07) is 0. The first kappa shape index (κ1) is 15.5. The standard InChI is InChI=1S/C16H29N3O/c1-14(2)7-5-3-4-6-9-19-13-18-11-15(19)16-12-17-8-10-20-16/h11,13-14,16-17H,3-10,12H2,1-2H3. The smallest absolute Gasteiger partial charge is 0.111 e. The van der Waals surface area contributed by atoms with Gasteiger partial charge in [-0.1, -0.05) is 39.5 Å². The second-order valence-corrected chi connectivity index (χ2v) is 6.17. The summed E-state index contributed by atoms with van der Waals surface area (Å²) in [5.41, 5.74) is 1.22. The molecule has 20 heavy (non-hydrogen) atoms. The molecule has 1 aliphatic rings. The Bertz CT molecular complexity index is 370. The highest BCUT2D eigenvalue weighted by Gasteiger charge is 2.19. The summed E-state index contributed by atoms with van der Waals surface area (Å²) in [6.45, 7) is 8.33. The normalized spacial score (nSPS) is 19.6. The van der Waals surface area contributed by atoms with Crippen LogP contribution in [0.15, 0.2) is 12.5 Å². The van der Waals surface area contributed by atoms with Crippen molar-refractivity contribution in [2.24, 2.45) is 5.92 Å². The molecule has 0 radical (unpaired) electrons. The fourth-order valence-electron chi connectivity index (χ4n) is 2.73. The lowest BCUT2D eigenvalue weighted by molar-refractivity contribution is 0.0227. The van der Waals surface area contributed by atoms with Crippen molar-refractivity contribution in [2.75, 3.05) is 19.7 Å². The molecule has 2 rings (SSSR count). The second kappa shape index (κ2) is 8.42. The zero-order chi connectivity index (χ0) is 14.2. The number of ether oxygens (including phenoxy) is 1. The number of unbranched alkanes of at least 4 members (excludes halogenated alkanes) is 3. The van der Waals surface area contributed by atoms with Crippen LogP contribution in [0.4, 0.5) is 0 Å². The molecule has 1 unspecified atom stereocenters. The highest BCUT2D eigenvalue weighted by atomic mass is 16.5. The van der Waals surface area contributed by atoms with Crippen molar-refractivity contribution in [3.05, 3.63) is 18.2 Å². The third-order valence-corrected chi connectivity index (χ3v) is 3.93. The van der Waals surface area contributed by atoms with Crippen LogP contribution in [0.1, 0.15) is 57.7 Å². The second-order valence-electron chi connectivity index (χ2n) is 6.17. The molecule has 0 spiro atoms. The Hall–Kier alpha value is -0.870.